The minimum Gasteiger partial charge on any atom is -0.465 e. The van der Waals surface area contributed by atoms with Crippen LogP contribution in [0, 0.1) is 46.3 Å². The molecule has 2 aliphatic carbocycles. The van der Waals surface area contributed by atoms with E-state index in [2.05, 4.69) is 67.5 Å². The van der Waals surface area contributed by atoms with Gasteiger partial charge in [0.15, 0.2) is 0 Å². The van der Waals surface area contributed by atoms with Gasteiger partial charge in [-0.15, -0.1) is 0 Å². The summed E-state index contributed by atoms with van der Waals surface area (Å²) in [6.45, 7) is 25.8. The highest BCUT2D eigenvalue weighted by molar-refractivity contribution is 6.63. The first kappa shape index (κ1) is 35.9. The molecule has 1 N–H and O–H groups in total. The second kappa shape index (κ2) is 16.1. The molecule has 37 heavy (non-hydrogen) atoms. The summed E-state index contributed by atoms with van der Waals surface area (Å²) in [5, 5.41) is 8.88. The van der Waals surface area contributed by atoms with Crippen LogP contribution in [0.2, 0.25) is 0 Å². The maximum absolute atomic E-state index is 11.5. The van der Waals surface area contributed by atoms with Gasteiger partial charge < -0.3 is 9.84 Å². The fraction of sp³-hybridized carbons (Fsp3) is 0.812. The molecular formula is C32H57ClO4. The first-order valence-corrected chi connectivity index (χ1v) is 14.5. The molecule has 216 valence electrons. The minimum atomic E-state index is -0.269. The molecule has 0 aromatic heterocycles. The SMILES string of the molecule is CC(C)=CC[C@@H](C)[C@H]1C[C@]1(C)CO.CC(C)=CC[C@@H](C)[C@H]1C[C@]1(C)COC(=O)C(C)C.CC(C)C(=O)Cl. The van der Waals surface area contributed by atoms with Crippen molar-refractivity contribution in [2.45, 2.75) is 109 Å². The van der Waals surface area contributed by atoms with Gasteiger partial charge in [0.2, 0.25) is 5.24 Å². The molecule has 0 heterocycles. The predicted molar refractivity (Wildman–Crippen MR) is 157 cm³/mol. The smallest absolute Gasteiger partial charge is 0.308 e. The van der Waals surface area contributed by atoms with Crippen LogP contribution < -0.4 is 0 Å². The zero-order chi connectivity index (χ0) is 29.1. The van der Waals surface area contributed by atoms with Crippen LogP contribution in [0.25, 0.3) is 0 Å². The Bertz CT molecular complexity index is 776. The van der Waals surface area contributed by atoms with Crippen molar-refractivity contribution in [1.29, 1.82) is 0 Å². The lowest BCUT2D eigenvalue weighted by atomic mass is 9.94. The number of carbonyl (C=O) groups is 2. The summed E-state index contributed by atoms with van der Waals surface area (Å²) >= 11 is 4.97. The van der Waals surface area contributed by atoms with E-state index in [0.29, 0.717) is 25.0 Å². The van der Waals surface area contributed by atoms with Gasteiger partial charge in [0, 0.05) is 17.9 Å². The summed E-state index contributed by atoms with van der Waals surface area (Å²) in [7, 11) is 0. The molecule has 0 saturated heterocycles. The number of halogens is 1. The number of aliphatic hydroxyl groups excluding tert-OH is 1. The molecule has 0 radical (unpaired) electrons. The number of allylic oxidation sites excluding steroid dienone is 4. The number of ether oxygens (including phenoxy) is 1. The highest BCUT2D eigenvalue weighted by atomic mass is 35.5. The van der Waals surface area contributed by atoms with Crippen molar-refractivity contribution in [2.24, 2.45) is 46.3 Å². The molecule has 0 aromatic rings. The van der Waals surface area contributed by atoms with Crippen molar-refractivity contribution in [3.8, 4) is 0 Å². The van der Waals surface area contributed by atoms with Gasteiger partial charge >= 0.3 is 5.97 Å². The maximum Gasteiger partial charge on any atom is 0.308 e. The Hall–Kier alpha value is -1.13. The molecule has 0 unspecified atom stereocenters. The second-order valence-corrected chi connectivity index (χ2v) is 13.7. The fourth-order valence-corrected chi connectivity index (χ4v) is 4.59. The van der Waals surface area contributed by atoms with E-state index in [1.54, 1.807) is 13.8 Å². The monoisotopic (exact) mass is 540 g/mol. The highest BCUT2D eigenvalue weighted by Gasteiger charge is 2.53. The van der Waals surface area contributed by atoms with Crippen molar-refractivity contribution in [3.63, 3.8) is 0 Å². The van der Waals surface area contributed by atoms with Crippen molar-refractivity contribution in [1.82, 2.24) is 0 Å². The number of esters is 1. The van der Waals surface area contributed by atoms with Gasteiger partial charge in [0.1, 0.15) is 0 Å². The van der Waals surface area contributed by atoms with Crippen molar-refractivity contribution in [2.75, 3.05) is 13.2 Å². The Morgan fingerprint density at radius 2 is 1.22 bits per heavy atom. The minimum absolute atomic E-state index is 0.0195. The largest absolute Gasteiger partial charge is 0.465 e. The molecule has 0 aromatic carbocycles. The molecular weight excluding hydrogens is 484 g/mol. The lowest BCUT2D eigenvalue weighted by Crippen LogP contribution is -2.19. The van der Waals surface area contributed by atoms with E-state index in [4.69, 9.17) is 21.4 Å². The fourth-order valence-electron chi connectivity index (χ4n) is 4.59. The molecule has 2 saturated carbocycles. The quantitative estimate of drug-likeness (QED) is 0.162. The molecule has 6 atom stereocenters. The molecule has 0 bridgehead atoms. The topological polar surface area (TPSA) is 63.6 Å². The van der Waals surface area contributed by atoms with Crippen LogP contribution in [-0.2, 0) is 14.3 Å². The lowest BCUT2D eigenvalue weighted by molar-refractivity contribution is -0.149. The van der Waals surface area contributed by atoms with E-state index >= 15 is 0 Å². The normalized spacial score (nSPS) is 27.0. The predicted octanol–water partition coefficient (Wildman–Crippen LogP) is 8.61. The molecule has 2 fully saturated rings. The molecule has 0 amide bonds. The van der Waals surface area contributed by atoms with E-state index in [0.717, 1.165) is 18.3 Å². The summed E-state index contributed by atoms with van der Waals surface area (Å²) < 4.78 is 5.38. The molecule has 2 aliphatic rings. The number of carbonyl (C=O) groups excluding carboxylic acids is 2. The number of aliphatic hydroxyl groups is 1. The number of hydrogen-bond donors (Lipinski definition) is 1. The van der Waals surface area contributed by atoms with Gasteiger partial charge in [-0.3, -0.25) is 9.59 Å². The summed E-state index contributed by atoms with van der Waals surface area (Å²) in [6, 6.07) is 0. The summed E-state index contributed by atoms with van der Waals surface area (Å²) in [4.78, 5) is 21.4. The Morgan fingerprint density at radius 3 is 1.51 bits per heavy atom. The zero-order valence-corrected chi connectivity index (χ0v) is 26.7. The molecule has 5 heteroatoms. The van der Waals surface area contributed by atoms with Crippen LogP contribution in [0.5, 0.6) is 0 Å². The van der Waals surface area contributed by atoms with Crippen LogP contribution in [0.4, 0.5) is 0 Å². The standard InChI is InChI=1S/C16H28O2.C12H22O.C4H7ClO/c1-11(2)7-8-13(5)14-9-16(14,6)10-18-15(17)12(3)4;1-9(2)5-6-10(3)11-7-12(11,4)8-13;1-3(2)4(5)6/h7,12-14H,8-10H2,1-6H3;5,10-11,13H,6-8H2,1-4H3;3H,1-2H3/t13-,14-,16-;10-,11-,12-;/m11./s1. The van der Waals surface area contributed by atoms with Crippen molar-refractivity contribution in [3.05, 3.63) is 23.3 Å². The third-order valence-corrected chi connectivity index (χ3v) is 8.28. The Labute approximate surface area is 233 Å². The zero-order valence-electron chi connectivity index (χ0n) is 25.9. The van der Waals surface area contributed by atoms with Gasteiger partial charge in [-0.25, -0.2) is 0 Å². The summed E-state index contributed by atoms with van der Waals surface area (Å²) in [6.07, 6.45) is 9.32. The van der Waals surface area contributed by atoms with Crippen molar-refractivity contribution < 1.29 is 19.4 Å². The van der Waals surface area contributed by atoms with E-state index < -0.39 is 0 Å². The van der Waals surface area contributed by atoms with Crippen LogP contribution in [0.1, 0.15) is 109 Å². The van der Waals surface area contributed by atoms with Crippen molar-refractivity contribution >= 4 is 22.8 Å². The van der Waals surface area contributed by atoms with E-state index in [-0.39, 0.29) is 33.9 Å². The second-order valence-electron chi connectivity index (χ2n) is 13.3. The average Bonchev–Trinajstić information content (AvgIpc) is 3.69. The maximum atomic E-state index is 11.5. The van der Waals surface area contributed by atoms with E-state index in [1.165, 1.54) is 30.4 Å². The molecule has 2 rings (SSSR count). The molecule has 0 aliphatic heterocycles. The van der Waals surface area contributed by atoms with Crippen LogP contribution in [0.15, 0.2) is 23.3 Å². The van der Waals surface area contributed by atoms with Gasteiger partial charge in [0.25, 0.3) is 0 Å². The van der Waals surface area contributed by atoms with Gasteiger partial charge in [0.05, 0.1) is 12.5 Å². The van der Waals surface area contributed by atoms with Gasteiger partial charge in [-0.1, -0.05) is 78.7 Å². The third-order valence-electron chi connectivity index (χ3n) is 7.84. The van der Waals surface area contributed by atoms with Gasteiger partial charge in [-0.2, -0.15) is 0 Å². The average molecular weight is 541 g/mol. The van der Waals surface area contributed by atoms with Crippen LogP contribution in [-0.4, -0.2) is 29.5 Å². The first-order valence-electron chi connectivity index (χ1n) is 14.1. The summed E-state index contributed by atoms with van der Waals surface area (Å²) in [5.74, 6) is 2.75. The Kier molecular flexibility index (Phi) is 15.6. The van der Waals surface area contributed by atoms with E-state index in [1.807, 2.05) is 13.8 Å². The lowest BCUT2D eigenvalue weighted by Gasteiger charge is -2.16. The highest BCUT2D eigenvalue weighted by Crippen LogP contribution is 2.57. The number of rotatable bonds is 11. The first-order chi connectivity index (χ1) is 16.9. The van der Waals surface area contributed by atoms with Crippen LogP contribution in [0.3, 0.4) is 0 Å². The molecule has 0 spiro atoms. The van der Waals surface area contributed by atoms with Gasteiger partial charge in [-0.05, 0) is 94.1 Å². The summed E-state index contributed by atoms with van der Waals surface area (Å²) in [5.41, 5.74) is 3.25. The Balaban J connectivity index is 0.000000594. The number of hydrogen-bond acceptors (Lipinski definition) is 4. The van der Waals surface area contributed by atoms with E-state index in [9.17, 15) is 9.59 Å². The Morgan fingerprint density at radius 1 is 0.838 bits per heavy atom. The third kappa shape index (κ3) is 14.0. The molecule has 4 nitrogen and oxygen atoms in total. The van der Waals surface area contributed by atoms with Crippen LogP contribution >= 0.6 is 11.6 Å².